The highest BCUT2D eigenvalue weighted by atomic mass is 127. The zero-order valence-corrected chi connectivity index (χ0v) is 18.1. The Labute approximate surface area is 177 Å². The highest BCUT2D eigenvalue weighted by Crippen LogP contribution is 2.30. The normalized spacial score (nSPS) is 10.4. The molecule has 27 heavy (non-hydrogen) atoms. The topological polar surface area (TPSA) is 78.7 Å². The molecule has 0 fully saturated rings. The molecule has 2 aromatic carbocycles. The van der Waals surface area contributed by atoms with Gasteiger partial charge in [0, 0.05) is 18.3 Å². The van der Waals surface area contributed by atoms with E-state index >= 15 is 0 Å². The molecule has 2 aromatic rings. The highest BCUT2D eigenvalue weighted by Gasteiger charge is 2.07. The van der Waals surface area contributed by atoms with Crippen LogP contribution in [0.5, 0.6) is 11.5 Å². The van der Waals surface area contributed by atoms with Crippen LogP contribution >= 0.6 is 24.0 Å². The SMILES string of the molecule is CCNC(=NCc1ccc(C#N)cc1)Nc1ccc(OCC)c(OC)c1.I. The van der Waals surface area contributed by atoms with Crippen molar-refractivity contribution in [3.63, 3.8) is 0 Å². The van der Waals surface area contributed by atoms with Gasteiger partial charge in [0.25, 0.3) is 0 Å². The molecule has 0 bridgehead atoms. The molecule has 6 nitrogen and oxygen atoms in total. The van der Waals surface area contributed by atoms with Gasteiger partial charge in [-0.1, -0.05) is 12.1 Å². The van der Waals surface area contributed by atoms with E-state index in [1.54, 1.807) is 19.2 Å². The monoisotopic (exact) mass is 480 g/mol. The summed E-state index contributed by atoms with van der Waals surface area (Å²) in [4.78, 5) is 4.59. The van der Waals surface area contributed by atoms with E-state index in [1.807, 2.05) is 44.2 Å². The fourth-order valence-corrected chi connectivity index (χ4v) is 2.32. The maximum atomic E-state index is 8.86. The standard InChI is InChI=1S/C20H24N4O2.HI/c1-4-22-20(23-14-16-8-6-15(13-21)7-9-16)24-17-10-11-18(26-5-2)19(12-17)25-3;/h6-12H,4-5,14H2,1-3H3,(H2,22,23,24);1H. The van der Waals surface area contributed by atoms with Gasteiger partial charge in [-0.25, -0.2) is 4.99 Å². The van der Waals surface area contributed by atoms with Crippen molar-refractivity contribution in [1.29, 1.82) is 5.26 Å². The number of rotatable bonds is 7. The van der Waals surface area contributed by atoms with Crippen LogP contribution < -0.4 is 20.1 Å². The lowest BCUT2D eigenvalue weighted by Crippen LogP contribution is -2.30. The van der Waals surface area contributed by atoms with Gasteiger partial charge < -0.3 is 20.1 Å². The van der Waals surface area contributed by atoms with Crippen LogP contribution in [0.1, 0.15) is 25.0 Å². The summed E-state index contributed by atoms with van der Waals surface area (Å²) >= 11 is 0. The van der Waals surface area contributed by atoms with Gasteiger partial charge >= 0.3 is 0 Å². The van der Waals surface area contributed by atoms with Crippen LogP contribution in [0.15, 0.2) is 47.5 Å². The molecule has 0 atom stereocenters. The Balaban J connectivity index is 0.00000364. The number of ether oxygens (including phenoxy) is 2. The van der Waals surface area contributed by atoms with Crippen molar-refractivity contribution in [2.24, 2.45) is 4.99 Å². The largest absolute Gasteiger partial charge is 0.493 e. The van der Waals surface area contributed by atoms with E-state index < -0.39 is 0 Å². The molecule has 0 unspecified atom stereocenters. The molecule has 144 valence electrons. The summed E-state index contributed by atoms with van der Waals surface area (Å²) in [7, 11) is 1.62. The number of nitriles is 1. The number of anilines is 1. The first-order valence-electron chi connectivity index (χ1n) is 8.55. The molecule has 2 rings (SSSR count). The van der Waals surface area contributed by atoms with Crippen LogP contribution in [0.2, 0.25) is 0 Å². The highest BCUT2D eigenvalue weighted by molar-refractivity contribution is 14.0. The molecule has 0 amide bonds. The van der Waals surface area contributed by atoms with Crippen molar-refractivity contribution in [2.45, 2.75) is 20.4 Å². The van der Waals surface area contributed by atoms with Gasteiger partial charge in [-0.15, -0.1) is 24.0 Å². The van der Waals surface area contributed by atoms with Crippen molar-refractivity contribution in [3.8, 4) is 17.6 Å². The minimum atomic E-state index is 0. The fraction of sp³-hybridized carbons (Fsp3) is 0.300. The Morgan fingerprint density at radius 2 is 1.85 bits per heavy atom. The third-order valence-electron chi connectivity index (χ3n) is 3.57. The minimum absolute atomic E-state index is 0. The molecule has 0 heterocycles. The molecule has 2 N–H and O–H groups in total. The van der Waals surface area contributed by atoms with Gasteiger partial charge in [-0.3, -0.25) is 0 Å². The van der Waals surface area contributed by atoms with E-state index in [0.29, 0.717) is 36.2 Å². The quantitative estimate of drug-likeness (QED) is 0.354. The van der Waals surface area contributed by atoms with Crippen molar-refractivity contribution in [1.82, 2.24) is 5.32 Å². The predicted molar refractivity (Wildman–Crippen MR) is 119 cm³/mol. The van der Waals surface area contributed by atoms with Gasteiger partial charge in [0.15, 0.2) is 17.5 Å². The summed E-state index contributed by atoms with van der Waals surface area (Å²) in [6.45, 7) is 5.78. The smallest absolute Gasteiger partial charge is 0.196 e. The predicted octanol–water partition coefficient (Wildman–Crippen LogP) is 4.16. The van der Waals surface area contributed by atoms with Gasteiger partial charge in [0.2, 0.25) is 0 Å². The number of nitrogens with zero attached hydrogens (tertiary/aromatic N) is 2. The van der Waals surface area contributed by atoms with Crippen LogP contribution in [0.4, 0.5) is 5.69 Å². The first-order chi connectivity index (χ1) is 12.7. The lowest BCUT2D eigenvalue weighted by molar-refractivity contribution is 0.311. The molecular weight excluding hydrogens is 455 g/mol. The maximum Gasteiger partial charge on any atom is 0.196 e. The molecule has 0 saturated carbocycles. The second kappa shape index (κ2) is 12.0. The molecule has 0 aliphatic rings. The number of nitrogens with one attached hydrogen (secondary N) is 2. The molecule has 0 radical (unpaired) electrons. The van der Waals surface area contributed by atoms with E-state index in [0.717, 1.165) is 17.8 Å². The summed E-state index contributed by atoms with van der Waals surface area (Å²) in [5, 5.41) is 15.3. The average molecular weight is 480 g/mol. The number of halogens is 1. The Morgan fingerprint density at radius 1 is 1.11 bits per heavy atom. The third-order valence-corrected chi connectivity index (χ3v) is 3.57. The van der Waals surface area contributed by atoms with Crippen LogP contribution in [-0.4, -0.2) is 26.2 Å². The number of guanidine groups is 1. The second-order valence-corrected chi connectivity index (χ2v) is 5.43. The first kappa shape index (κ1) is 22.6. The van der Waals surface area contributed by atoms with Crippen LogP contribution in [0.25, 0.3) is 0 Å². The number of hydrogen-bond acceptors (Lipinski definition) is 4. The van der Waals surface area contributed by atoms with Gasteiger partial charge in [-0.2, -0.15) is 5.26 Å². The van der Waals surface area contributed by atoms with Crippen LogP contribution in [0, 0.1) is 11.3 Å². The second-order valence-electron chi connectivity index (χ2n) is 5.43. The van der Waals surface area contributed by atoms with Crippen molar-refractivity contribution in [3.05, 3.63) is 53.6 Å². The molecule has 0 aliphatic heterocycles. The average Bonchev–Trinajstić information content (AvgIpc) is 2.68. The lowest BCUT2D eigenvalue weighted by Gasteiger charge is -2.14. The molecule has 0 aromatic heterocycles. The minimum Gasteiger partial charge on any atom is -0.493 e. The van der Waals surface area contributed by atoms with Gasteiger partial charge in [-0.05, 0) is 43.7 Å². The maximum absolute atomic E-state index is 8.86. The summed E-state index contributed by atoms with van der Waals surface area (Å²) in [5.74, 6) is 2.04. The Kier molecular flexibility index (Phi) is 10.0. The van der Waals surface area contributed by atoms with E-state index in [9.17, 15) is 0 Å². The number of aliphatic imine (C=N–C) groups is 1. The van der Waals surface area contributed by atoms with E-state index in [1.165, 1.54) is 0 Å². The fourth-order valence-electron chi connectivity index (χ4n) is 2.32. The molecule has 0 saturated heterocycles. The van der Waals surface area contributed by atoms with Crippen LogP contribution in [-0.2, 0) is 6.54 Å². The zero-order valence-electron chi connectivity index (χ0n) is 15.8. The van der Waals surface area contributed by atoms with E-state index in [2.05, 4.69) is 21.7 Å². The van der Waals surface area contributed by atoms with Crippen molar-refractivity contribution >= 4 is 35.6 Å². The van der Waals surface area contributed by atoms with Crippen molar-refractivity contribution < 1.29 is 9.47 Å². The Morgan fingerprint density at radius 3 is 2.44 bits per heavy atom. The summed E-state index contributed by atoms with van der Waals surface area (Å²) in [5.41, 5.74) is 2.53. The van der Waals surface area contributed by atoms with E-state index in [-0.39, 0.29) is 24.0 Å². The van der Waals surface area contributed by atoms with Crippen molar-refractivity contribution in [2.75, 3.05) is 25.6 Å². The van der Waals surface area contributed by atoms with Gasteiger partial charge in [0.1, 0.15) is 0 Å². The summed E-state index contributed by atoms with van der Waals surface area (Å²) in [6, 6.07) is 15.2. The van der Waals surface area contributed by atoms with E-state index in [4.69, 9.17) is 14.7 Å². The molecular formula is C20H25IN4O2. The molecule has 0 aliphatic carbocycles. The molecule has 7 heteroatoms. The number of hydrogen-bond donors (Lipinski definition) is 2. The summed E-state index contributed by atoms with van der Waals surface area (Å²) in [6.07, 6.45) is 0. The first-order valence-corrected chi connectivity index (χ1v) is 8.55. The Bertz CT molecular complexity index is 786. The number of methoxy groups -OCH3 is 1. The Hall–Kier alpha value is -2.47. The zero-order chi connectivity index (χ0) is 18.8. The van der Waals surface area contributed by atoms with Gasteiger partial charge in [0.05, 0.1) is 31.9 Å². The third kappa shape index (κ3) is 6.98. The number of benzene rings is 2. The van der Waals surface area contributed by atoms with Crippen LogP contribution in [0.3, 0.4) is 0 Å². The lowest BCUT2D eigenvalue weighted by atomic mass is 10.1. The summed E-state index contributed by atoms with van der Waals surface area (Å²) < 4.78 is 10.9. The molecule has 0 spiro atoms.